The van der Waals surface area contributed by atoms with Crippen molar-refractivity contribution in [1.29, 1.82) is 0 Å². The molecule has 0 radical (unpaired) electrons. The maximum atomic E-state index is 13.3. The van der Waals surface area contributed by atoms with Gasteiger partial charge in [-0.1, -0.05) is 55.8 Å². The molecule has 172 valence electrons. The van der Waals surface area contributed by atoms with E-state index in [0.29, 0.717) is 6.42 Å². The molecule has 9 nitrogen and oxygen atoms in total. The molecule has 0 aromatic heterocycles. The maximum absolute atomic E-state index is 13.3. The smallest absolute Gasteiger partial charge is 0.324 e. The molecule has 1 aromatic rings. The molecule has 4 atom stereocenters. The number of benzene rings is 1. The molecule has 0 spiro atoms. The number of unbranched alkanes of at least 4 members (excludes halogenated alkanes) is 1. The van der Waals surface area contributed by atoms with Crippen LogP contribution in [0, 0.1) is 11.8 Å². The Bertz CT molecular complexity index is 903. The molecule has 4 amide bonds. The summed E-state index contributed by atoms with van der Waals surface area (Å²) >= 11 is 0. The molecule has 0 aliphatic carbocycles. The molecular formula is C23H30N4O5. The number of carbonyl (C=O) groups excluding carboxylic acids is 3. The molecule has 2 fully saturated rings. The number of carbonyl (C=O) groups is 4. The first-order valence-electron chi connectivity index (χ1n) is 10.9. The van der Waals surface area contributed by atoms with Crippen molar-refractivity contribution >= 4 is 29.9 Å². The van der Waals surface area contributed by atoms with Gasteiger partial charge in [0.05, 0.1) is 11.8 Å². The highest BCUT2D eigenvalue weighted by Crippen LogP contribution is 2.45. The third-order valence-electron chi connectivity index (χ3n) is 6.24. The van der Waals surface area contributed by atoms with Crippen LogP contribution >= 0.6 is 0 Å². The molecule has 32 heavy (non-hydrogen) atoms. The molecule has 0 saturated carbocycles. The number of rotatable bonds is 10. The number of imide groups is 1. The fourth-order valence-electron chi connectivity index (χ4n) is 4.70. The number of nitrogens with two attached hydrogens (primary N) is 1. The summed E-state index contributed by atoms with van der Waals surface area (Å²) < 4.78 is 0. The van der Waals surface area contributed by atoms with Gasteiger partial charge in [0.2, 0.25) is 11.8 Å². The van der Waals surface area contributed by atoms with Gasteiger partial charge in [0.1, 0.15) is 5.54 Å². The summed E-state index contributed by atoms with van der Waals surface area (Å²) in [5.74, 6) is -3.76. The van der Waals surface area contributed by atoms with Crippen LogP contribution in [0.4, 0.5) is 4.79 Å². The predicted molar refractivity (Wildman–Crippen MR) is 118 cm³/mol. The van der Waals surface area contributed by atoms with Crippen LogP contribution in [0.3, 0.4) is 0 Å². The van der Waals surface area contributed by atoms with E-state index >= 15 is 0 Å². The van der Waals surface area contributed by atoms with E-state index in [2.05, 4.69) is 10.6 Å². The van der Waals surface area contributed by atoms with Crippen molar-refractivity contribution in [2.75, 3.05) is 13.1 Å². The molecule has 3 rings (SSSR count). The number of aliphatic carboxylic acids is 1. The van der Waals surface area contributed by atoms with E-state index in [0.717, 1.165) is 12.0 Å². The number of hydrogen-bond acceptors (Lipinski definition) is 5. The lowest BCUT2D eigenvalue weighted by atomic mass is 9.77. The lowest BCUT2D eigenvalue weighted by molar-refractivity contribution is -0.151. The molecule has 5 N–H and O–H groups in total. The van der Waals surface area contributed by atoms with Crippen molar-refractivity contribution in [1.82, 2.24) is 15.5 Å². The molecule has 2 aliphatic rings. The van der Waals surface area contributed by atoms with E-state index in [1.165, 1.54) is 4.90 Å². The van der Waals surface area contributed by atoms with Gasteiger partial charge in [0.15, 0.2) is 0 Å². The second-order valence-corrected chi connectivity index (χ2v) is 8.30. The highest BCUT2D eigenvalue weighted by Gasteiger charge is 2.67. The number of primary amides is 1. The van der Waals surface area contributed by atoms with Crippen molar-refractivity contribution in [3.8, 4) is 0 Å². The van der Waals surface area contributed by atoms with E-state index in [4.69, 9.17) is 5.73 Å². The molecule has 2 aliphatic heterocycles. The normalized spacial score (nSPS) is 27.2. The number of nitrogens with zero attached hydrogens (tertiary/aromatic N) is 1. The Balaban J connectivity index is 1.93. The third kappa shape index (κ3) is 4.52. The number of nitrogens with one attached hydrogen (secondary N) is 2. The minimum Gasteiger partial charge on any atom is -0.480 e. The van der Waals surface area contributed by atoms with Gasteiger partial charge >= 0.3 is 12.0 Å². The fraction of sp³-hybridized carbons (Fsp3) is 0.478. The van der Waals surface area contributed by atoms with Crippen LogP contribution in [0.2, 0.25) is 0 Å². The van der Waals surface area contributed by atoms with Crippen LogP contribution < -0.4 is 16.4 Å². The Labute approximate surface area is 187 Å². The zero-order valence-electron chi connectivity index (χ0n) is 18.1. The van der Waals surface area contributed by atoms with Gasteiger partial charge < -0.3 is 16.2 Å². The van der Waals surface area contributed by atoms with E-state index in [9.17, 15) is 24.3 Å². The van der Waals surface area contributed by atoms with Crippen molar-refractivity contribution < 1.29 is 24.3 Å². The SMILES string of the molecule is CCCCN1C(=O)C2C(C=Cc3ccccc3)NC(CCCNC(N)=O)(C(=O)O)C2C1=O. The summed E-state index contributed by atoms with van der Waals surface area (Å²) in [4.78, 5) is 51.2. The van der Waals surface area contributed by atoms with Gasteiger partial charge in [-0.25, -0.2) is 4.79 Å². The maximum Gasteiger partial charge on any atom is 0.324 e. The summed E-state index contributed by atoms with van der Waals surface area (Å²) in [6, 6.07) is 8.15. The number of likely N-dealkylation sites (tertiary alicyclic amines) is 1. The highest BCUT2D eigenvalue weighted by molar-refractivity contribution is 6.09. The average Bonchev–Trinajstić information content (AvgIpc) is 3.23. The van der Waals surface area contributed by atoms with E-state index in [1.807, 2.05) is 43.3 Å². The van der Waals surface area contributed by atoms with Crippen LogP contribution in [0.25, 0.3) is 6.08 Å². The van der Waals surface area contributed by atoms with Crippen molar-refractivity contribution in [3.05, 3.63) is 42.0 Å². The third-order valence-corrected chi connectivity index (χ3v) is 6.24. The number of amides is 4. The Hall–Kier alpha value is -3.20. The zero-order chi connectivity index (χ0) is 23.3. The second kappa shape index (κ2) is 9.95. The van der Waals surface area contributed by atoms with Gasteiger partial charge in [-0.15, -0.1) is 0 Å². The fourth-order valence-corrected chi connectivity index (χ4v) is 4.70. The summed E-state index contributed by atoms with van der Waals surface area (Å²) in [7, 11) is 0. The minimum atomic E-state index is -1.61. The van der Waals surface area contributed by atoms with E-state index in [1.54, 1.807) is 6.08 Å². The van der Waals surface area contributed by atoms with Gasteiger partial charge in [0, 0.05) is 19.1 Å². The first kappa shape index (κ1) is 23.5. The zero-order valence-corrected chi connectivity index (χ0v) is 18.1. The molecule has 2 saturated heterocycles. The van der Waals surface area contributed by atoms with E-state index in [-0.39, 0.29) is 31.8 Å². The topological polar surface area (TPSA) is 142 Å². The predicted octanol–water partition coefficient (Wildman–Crippen LogP) is 1.34. The molecule has 0 bridgehead atoms. The highest BCUT2D eigenvalue weighted by atomic mass is 16.4. The second-order valence-electron chi connectivity index (χ2n) is 8.30. The van der Waals surface area contributed by atoms with Gasteiger partial charge in [-0.05, 0) is 24.8 Å². The van der Waals surface area contributed by atoms with E-state index < -0.39 is 41.3 Å². The summed E-state index contributed by atoms with van der Waals surface area (Å²) in [6.45, 7) is 2.43. The number of carboxylic acid groups (broad SMARTS) is 1. The quantitative estimate of drug-likeness (QED) is 0.318. The van der Waals surface area contributed by atoms with Crippen molar-refractivity contribution in [2.45, 2.75) is 44.2 Å². The first-order valence-corrected chi connectivity index (χ1v) is 10.9. The monoisotopic (exact) mass is 442 g/mol. The van der Waals surface area contributed by atoms with Crippen molar-refractivity contribution in [3.63, 3.8) is 0 Å². The average molecular weight is 443 g/mol. The number of urea groups is 1. The number of carboxylic acids is 1. The van der Waals surface area contributed by atoms with Crippen molar-refractivity contribution in [2.24, 2.45) is 17.6 Å². The molecule has 2 heterocycles. The van der Waals surface area contributed by atoms with Gasteiger partial charge in [0.25, 0.3) is 0 Å². The molecule has 4 unspecified atom stereocenters. The lowest BCUT2D eigenvalue weighted by Crippen LogP contribution is -2.57. The Morgan fingerprint density at radius 3 is 2.56 bits per heavy atom. The first-order chi connectivity index (χ1) is 15.3. The van der Waals surface area contributed by atoms with Crippen LogP contribution in [-0.4, -0.2) is 58.5 Å². The van der Waals surface area contributed by atoms with Gasteiger partial charge in [-0.3, -0.25) is 24.6 Å². The summed E-state index contributed by atoms with van der Waals surface area (Å²) in [5.41, 5.74) is 4.39. The van der Waals surface area contributed by atoms with Crippen LogP contribution in [-0.2, 0) is 14.4 Å². The van der Waals surface area contributed by atoms with Crippen LogP contribution in [0.15, 0.2) is 36.4 Å². The number of fused-ring (bicyclic) bond motifs is 1. The van der Waals surface area contributed by atoms with Crippen LogP contribution in [0.5, 0.6) is 0 Å². The Morgan fingerprint density at radius 2 is 1.94 bits per heavy atom. The van der Waals surface area contributed by atoms with Crippen LogP contribution in [0.1, 0.15) is 38.2 Å². The minimum absolute atomic E-state index is 0.0695. The summed E-state index contributed by atoms with van der Waals surface area (Å²) in [5, 5.41) is 15.8. The Kier molecular flexibility index (Phi) is 7.29. The van der Waals surface area contributed by atoms with Gasteiger partial charge in [-0.2, -0.15) is 0 Å². The number of hydrogen-bond donors (Lipinski definition) is 4. The lowest BCUT2D eigenvalue weighted by Gasteiger charge is -2.31. The molecule has 1 aromatic carbocycles. The summed E-state index contributed by atoms with van der Waals surface area (Å²) in [6.07, 6.45) is 5.43. The Morgan fingerprint density at radius 1 is 1.22 bits per heavy atom. The standard InChI is InChI=1S/C23H30N4O5/c1-2-3-14-27-19(28)17-16(11-10-15-8-5-4-6-9-15)26-23(21(30)31,18(17)20(27)29)12-7-13-25-22(24)32/h4-6,8-11,16-18,26H,2-3,7,12-14H2,1H3,(H,30,31)(H3,24,25,32). The largest absolute Gasteiger partial charge is 0.480 e. The molecule has 9 heteroatoms. The molecular weight excluding hydrogens is 412 g/mol.